The van der Waals surface area contributed by atoms with Crippen molar-refractivity contribution in [1.29, 1.82) is 0 Å². The molecule has 0 amide bonds. The van der Waals surface area contributed by atoms with Gasteiger partial charge in [-0.2, -0.15) is 4.89 Å². The summed E-state index contributed by atoms with van der Waals surface area (Å²) in [6.07, 6.45) is 0. The molecular weight excluding hydrogens is 132 g/mol. The number of para-hydroxylation sites is 1. The monoisotopic (exact) mass is 138 g/mol. The van der Waals surface area contributed by atoms with Gasteiger partial charge >= 0.3 is 0 Å². The molecule has 0 aliphatic carbocycles. The Kier molecular flexibility index (Phi) is 1.89. The lowest BCUT2D eigenvalue weighted by Gasteiger charge is -1.89. The second-order valence-corrected chi connectivity index (χ2v) is 1.95. The van der Waals surface area contributed by atoms with E-state index in [0.717, 1.165) is 11.3 Å². The number of hydrogen-bond donors (Lipinski definition) is 0. The molecule has 3 nitrogen and oxygen atoms in total. The Morgan fingerprint density at radius 2 is 2.00 bits per heavy atom. The van der Waals surface area contributed by atoms with Crippen LogP contribution >= 0.6 is 0 Å². The van der Waals surface area contributed by atoms with E-state index < -0.39 is 0 Å². The first-order valence-electron chi connectivity index (χ1n) is 2.84. The normalized spacial score (nSPS) is 13.2. The van der Waals surface area contributed by atoms with E-state index in [0.29, 0.717) is 6.61 Å². The number of hydrogen-bond acceptors (Lipinski definition) is 2. The third-order valence-electron chi connectivity index (χ3n) is 1.34. The van der Waals surface area contributed by atoms with E-state index in [4.69, 9.17) is 9.78 Å². The molecular formula is C7H6O3. The molecule has 2 radical (unpaired) electrons. The van der Waals surface area contributed by atoms with Gasteiger partial charge in [0.25, 0.3) is 0 Å². The molecule has 0 bridgehead atoms. The quantitative estimate of drug-likeness (QED) is 0.508. The summed E-state index contributed by atoms with van der Waals surface area (Å²) in [7, 11) is 0. The van der Waals surface area contributed by atoms with E-state index in [1.165, 1.54) is 0 Å². The van der Waals surface area contributed by atoms with Crippen LogP contribution in [0.3, 0.4) is 0 Å². The summed E-state index contributed by atoms with van der Waals surface area (Å²) < 4.78 is 0. The molecule has 0 N–H and O–H groups in total. The van der Waals surface area contributed by atoms with Crippen LogP contribution in [-0.2, 0) is 17.0 Å². The summed E-state index contributed by atoms with van der Waals surface area (Å²) in [5.41, 5.74) is 1.12. The molecule has 3 heteroatoms. The van der Waals surface area contributed by atoms with Crippen molar-refractivity contribution in [3.05, 3.63) is 29.8 Å². The zero-order valence-electron chi connectivity index (χ0n) is 5.24. The largest absolute Gasteiger partial charge is 0.337 e. The van der Waals surface area contributed by atoms with E-state index in [9.17, 15) is 0 Å². The minimum Gasteiger partial charge on any atom is -0.337 e. The van der Waals surface area contributed by atoms with Crippen molar-refractivity contribution in [3.8, 4) is 5.75 Å². The molecule has 1 aromatic carbocycles. The molecule has 0 saturated heterocycles. The maximum absolute atomic E-state index is 4.80. The zero-order valence-corrected chi connectivity index (χ0v) is 5.24. The second kappa shape index (κ2) is 2.68. The molecule has 0 aromatic heterocycles. The van der Waals surface area contributed by atoms with E-state index in [2.05, 4.69) is 0 Å². The van der Waals surface area contributed by atoms with Crippen molar-refractivity contribution in [1.82, 2.24) is 0 Å². The van der Waals surface area contributed by atoms with Crippen LogP contribution in [0.25, 0.3) is 0 Å². The number of rotatable bonds is 0. The highest BCUT2D eigenvalue weighted by Gasteiger charge is 2.10. The van der Waals surface area contributed by atoms with Gasteiger partial charge in [-0.25, -0.2) is 0 Å². The van der Waals surface area contributed by atoms with Gasteiger partial charge in [0.05, 0.1) is 0 Å². The average Bonchev–Trinajstić information content (AvgIpc) is 2.33. The standard InChI is InChI=1S/C7H6O2.O/c1-2-4-7-6(3-1)5-8-9-7;/h1-4H,5H2;. The molecule has 0 atom stereocenters. The smallest absolute Gasteiger partial charge is 0.171 e. The molecule has 1 heterocycles. The van der Waals surface area contributed by atoms with Crippen LogP contribution in [0.5, 0.6) is 5.75 Å². The lowest BCUT2D eigenvalue weighted by molar-refractivity contribution is -0.194. The Hall–Kier alpha value is -1.06. The van der Waals surface area contributed by atoms with Crippen molar-refractivity contribution >= 4 is 0 Å². The SMILES string of the molecule is [O].c1ccc2c(c1)COO2. The third-order valence-corrected chi connectivity index (χ3v) is 1.34. The fraction of sp³-hybridized carbons (Fsp3) is 0.143. The van der Waals surface area contributed by atoms with Crippen molar-refractivity contribution < 1.29 is 15.3 Å². The lowest BCUT2D eigenvalue weighted by atomic mass is 10.2. The second-order valence-electron chi connectivity index (χ2n) is 1.95. The van der Waals surface area contributed by atoms with Crippen LogP contribution in [0.4, 0.5) is 0 Å². The lowest BCUT2D eigenvalue weighted by Crippen LogP contribution is -1.80. The Morgan fingerprint density at radius 1 is 1.20 bits per heavy atom. The van der Waals surface area contributed by atoms with Crippen LogP contribution in [0.15, 0.2) is 24.3 Å². The van der Waals surface area contributed by atoms with Gasteiger partial charge in [-0.3, -0.25) is 0 Å². The fourth-order valence-electron chi connectivity index (χ4n) is 0.861. The summed E-state index contributed by atoms with van der Waals surface area (Å²) in [6, 6.07) is 7.77. The molecule has 0 saturated carbocycles. The van der Waals surface area contributed by atoms with Gasteiger partial charge in [-0.1, -0.05) is 18.2 Å². The molecule has 1 aliphatic rings. The van der Waals surface area contributed by atoms with Gasteiger partial charge in [0.1, 0.15) is 6.61 Å². The van der Waals surface area contributed by atoms with Crippen LogP contribution in [-0.4, -0.2) is 0 Å². The van der Waals surface area contributed by atoms with Crippen LogP contribution < -0.4 is 4.89 Å². The van der Waals surface area contributed by atoms with Crippen molar-refractivity contribution in [2.45, 2.75) is 6.61 Å². The highest BCUT2D eigenvalue weighted by molar-refractivity contribution is 5.33. The van der Waals surface area contributed by atoms with Gasteiger partial charge in [-0.05, 0) is 6.07 Å². The summed E-state index contributed by atoms with van der Waals surface area (Å²) in [5.74, 6) is 0.845. The van der Waals surface area contributed by atoms with Gasteiger partial charge in [-0.15, -0.1) is 0 Å². The first kappa shape index (κ1) is 7.05. The topological polar surface area (TPSA) is 47.0 Å². The van der Waals surface area contributed by atoms with E-state index in [1.807, 2.05) is 24.3 Å². The predicted octanol–water partition coefficient (Wildman–Crippen LogP) is 1.39. The molecule has 1 aromatic rings. The minimum absolute atomic E-state index is 0. The summed E-state index contributed by atoms with van der Waals surface area (Å²) >= 11 is 0. The third kappa shape index (κ3) is 0.964. The molecule has 0 fully saturated rings. The van der Waals surface area contributed by atoms with Gasteiger partial charge in [0, 0.05) is 11.0 Å². The maximum atomic E-state index is 4.80. The maximum Gasteiger partial charge on any atom is 0.171 e. The Bertz CT molecular complexity index is 199. The van der Waals surface area contributed by atoms with Crippen LogP contribution in [0, 0.1) is 0 Å². The van der Waals surface area contributed by atoms with E-state index in [1.54, 1.807) is 0 Å². The van der Waals surface area contributed by atoms with Gasteiger partial charge < -0.3 is 4.89 Å². The van der Waals surface area contributed by atoms with Gasteiger partial charge in [0.2, 0.25) is 0 Å². The molecule has 1 aliphatic heterocycles. The highest BCUT2D eigenvalue weighted by atomic mass is 17.2. The summed E-state index contributed by atoms with van der Waals surface area (Å²) in [4.78, 5) is 9.51. The van der Waals surface area contributed by atoms with Crippen molar-refractivity contribution in [2.24, 2.45) is 0 Å². The predicted molar refractivity (Wildman–Crippen MR) is 32.5 cm³/mol. The molecule has 0 unspecified atom stereocenters. The zero-order chi connectivity index (χ0) is 6.10. The number of benzene rings is 1. The summed E-state index contributed by atoms with van der Waals surface area (Å²) in [6.45, 7) is 0.580. The minimum atomic E-state index is 0. The Labute approximate surface area is 58.4 Å². The molecule has 0 spiro atoms. The van der Waals surface area contributed by atoms with Crippen LogP contribution in [0.1, 0.15) is 5.56 Å². The van der Waals surface area contributed by atoms with E-state index >= 15 is 0 Å². The molecule has 2 rings (SSSR count). The highest BCUT2D eigenvalue weighted by Crippen LogP contribution is 2.24. The van der Waals surface area contributed by atoms with Crippen molar-refractivity contribution in [2.75, 3.05) is 0 Å². The molecule has 10 heavy (non-hydrogen) atoms. The number of fused-ring (bicyclic) bond motifs is 1. The summed E-state index contributed by atoms with van der Waals surface area (Å²) in [5, 5.41) is 0. The Balaban J connectivity index is 0.000000500. The first-order valence-corrected chi connectivity index (χ1v) is 2.84. The van der Waals surface area contributed by atoms with E-state index in [-0.39, 0.29) is 5.48 Å². The fourth-order valence-corrected chi connectivity index (χ4v) is 0.861. The van der Waals surface area contributed by atoms with Crippen molar-refractivity contribution in [3.63, 3.8) is 0 Å². The van der Waals surface area contributed by atoms with Gasteiger partial charge in [0.15, 0.2) is 5.75 Å². The first-order chi connectivity index (χ1) is 4.47. The van der Waals surface area contributed by atoms with Crippen LogP contribution in [0.2, 0.25) is 0 Å². The Morgan fingerprint density at radius 3 is 2.80 bits per heavy atom. The molecule has 52 valence electrons. The average molecular weight is 138 g/mol.